The van der Waals surface area contributed by atoms with Crippen molar-refractivity contribution in [2.24, 2.45) is 5.73 Å². The van der Waals surface area contributed by atoms with Crippen LogP contribution < -0.4 is 5.73 Å². The molecule has 1 atom stereocenters. The second kappa shape index (κ2) is 2.75. The van der Waals surface area contributed by atoms with Gasteiger partial charge in [-0.15, -0.1) is 0 Å². The second-order valence-electron chi connectivity index (χ2n) is 3.14. The van der Waals surface area contributed by atoms with Crippen LogP contribution in [0, 0.1) is 0 Å². The lowest BCUT2D eigenvalue weighted by atomic mass is 10.00. The van der Waals surface area contributed by atoms with Gasteiger partial charge < -0.3 is 10.5 Å². The summed E-state index contributed by atoms with van der Waals surface area (Å²) in [7, 11) is 1.33. The van der Waals surface area contributed by atoms with Crippen molar-refractivity contribution in [3.63, 3.8) is 0 Å². The molecule has 1 aliphatic rings. The largest absolute Gasteiger partial charge is 0.467 e. The fourth-order valence-corrected chi connectivity index (χ4v) is 1.35. The highest BCUT2D eigenvalue weighted by atomic mass is 16.5. The van der Waals surface area contributed by atoms with E-state index in [2.05, 4.69) is 11.3 Å². The minimum Gasteiger partial charge on any atom is -0.467 e. The van der Waals surface area contributed by atoms with E-state index in [1.54, 1.807) is 6.08 Å². The van der Waals surface area contributed by atoms with Gasteiger partial charge in [-0.3, -0.25) is 0 Å². The summed E-state index contributed by atoms with van der Waals surface area (Å²) in [6.07, 6.45) is 2.17. The smallest absolute Gasteiger partial charge is 0.330 e. The van der Waals surface area contributed by atoms with Gasteiger partial charge in [0.15, 0.2) is 0 Å². The van der Waals surface area contributed by atoms with Crippen molar-refractivity contribution in [3.05, 3.63) is 23.8 Å². The van der Waals surface area contributed by atoms with Gasteiger partial charge in [0.05, 0.1) is 7.11 Å². The van der Waals surface area contributed by atoms with Gasteiger partial charge in [0.1, 0.15) is 5.54 Å². The Morgan fingerprint density at radius 1 is 1.83 bits per heavy atom. The Hall–Kier alpha value is -1.09. The van der Waals surface area contributed by atoms with Crippen LogP contribution in [0.5, 0.6) is 0 Å². The molecule has 0 aromatic heterocycles. The maximum Gasteiger partial charge on any atom is 0.330 e. The number of rotatable bonds is 1. The van der Waals surface area contributed by atoms with Crippen molar-refractivity contribution in [1.29, 1.82) is 0 Å². The quantitative estimate of drug-likeness (QED) is 0.587. The second-order valence-corrected chi connectivity index (χ2v) is 3.14. The molecule has 12 heavy (non-hydrogen) atoms. The Labute approximate surface area is 71.9 Å². The van der Waals surface area contributed by atoms with E-state index < -0.39 is 11.5 Å². The lowest BCUT2D eigenvalue weighted by Gasteiger charge is -2.17. The van der Waals surface area contributed by atoms with E-state index in [0.717, 1.165) is 11.1 Å². The average Bonchev–Trinajstić information content (AvgIpc) is 2.26. The molecule has 1 rings (SSSR count). The average molecular weight is 167 g/mol. The standard InChI is InChI=1S/C9H13NO2/c1-6-4-9(10,5-7(6)2)8(11)12-3/h5H,1,4,10H2,2-3H3. The molecule has 0 amide bonds. The van der Waals surface area contributed by atoms with Crippen molar-refractivity contribution in [3.8, 4) is 0 Å². The highest BCUT2D eigenvalue weighted by Gasteiger charge is 2.37. The normalized spacial score (nSPS) is 28.6. The molecule has 2 N–H and O–H groups in total. The van der Waals surface area contributed by atoms with E-state index in [0.29, 0.717) is 6.42 Å². The summed E-state index contributed by atoms with van der Waals surface area (Å²) >= 11 is 0. The molecule has 0 heterocycles. The van der Waals surface area contributed by atoms with Gasteiger partial charge in [-0.25, -0.2) is 4.79 Å². The number of carbonyl (C=O) groups is 1. The number of carbonyl (C=O) groups excluding carboxylic acids is 1. The van der Waals surface area contributed by atoms with E-state index in [-0.39, 0.29) is 0 Å². The van der Waals surface area contributed by atoms with Crippen LogP contribution in [-0.2, 0) is 9.53 Å². The number of hydrogen-bond donors (Lipinski definition) is 1. The van der Waals surface area contributed by atoms with Crippen LogP contribution in [0.3, 0.4) is 0 Å². The predicted octanol–water partition coefficient (Wildman–Crippen LogP) is 0.763. The van der Waals surface area contributed by atoms with E-state index in [1.807, 2.05) is 6.92 Å². The van der Waals surface area contributed by atoms with Crippen molar-refractivity contribution < 1.29 is 9.53 Å². The maximum absolute atomic E-state index is 11.2. The Kier molecular flexibility index (Phi) is 2.06. The zero-order valence-corrected chi connectivity index (χ0v) is 7.39. The molecule has 0 saturated heterocycles. The Bertz CT molecular complexity index is 268. The van der Waals surface area contributed by atoms with E-state index >= 15 is 0 Å². The molecular weight excluding hydrogens is 154 g/mol. The summed E-state index contributed by atoms with van der Waals surface area (Å²) in [5.41, 5.74) is 6.69. The third-order valence-corrected chi connectivity index (χ3v) is 2.10. The molecule has 3 nitrogen and oxygen atoms in total. The van der Waals surface area contributed by atoms with Crippen LogP contribution in [0.15, 0.2) is 23.8 Å². The van der Waals surface area contributed by atoms with Crippen LogP contribution >= 0.6 is 0 Å². The first kappa shape index (κ1) is 9.00. The number of ether oxygens (including phenoxy) is 1. The highest BCUT2D eigenvalue weighted by Crippen LogP contribution is 2.30. The van der Waals surface area contributed by atoms with Gasteiger partial charge in [0.25, 0.3) is 0 Å². The van der Waals surface area contributed by atoms with Gasteiger partial charge in [-0.05, 0) is 18.1 Å². The van der Waals surface area contributed by atoms with Crippen LogP contribution in [-0.4, -0.2) is 18.6 Å². The number of esters is 1. The molecule has 66 valence electrons. The lowest BCUT2D eigenvalue weighted by molar-refractivity contribution is -0.144. The zero-order valence-electron chi connectivity index (χ0n) is 7.39. The number of methoxy groups -OCH3 is 1. The molecule has 0 fully saturated rings. The number of nitrogens with two attached hydrogens (primary N) is 1. The zero-order chi connectivity index (χ0) is 9.35. The SMILES string of the molecule is C=C1CC(N)(C(=O)OC)C=C1C. The molecule has 1 aliphatic carbocycles. The van der Waals surface area contributed by atoms with Crippen LogP contribution in [0.1, 0.15) is 13.3 Å². The van der Waals surface area contributed by atoms with Crippen LogP contribution in [0.2, 0.25) is 0 Å². The Morgan fingerprint density at radius 3 is 2.75 bits per heavy atom. The summed E-state index contributed by atoms with van der Waals surface area (Å²) in [6.45, 7) is 5.68. The van der Waals surface area contributed by atoms with Gasteiger partial charge in [0, 0.05) is 6.42 Å². The summed E-state index contributed by atoms with van der Waals surface area (Å²) in [4.78, 5) is 11.2. The molecule has 0 aromatic carbocycles. The predicted molar refractivity (Wildman–Crippen MR) is 46.4 cm³/mol. The minimum atomic E-state index is -0.976. The molecule has 3 heteroatoms. The Morgan fingerprint density at radius 2 is 2.42 bits per heavy atom. The molecular formula is C9H13NO2. The molecule has 0 aromatic rings. The van der Waals surface area contributed by atoms with Crippen molar-refractivity contribution >= 4 is 5.97 Å². The van der Waals surface area contributed by atoms with Crippen LogP contribution in [0.4, 0.5) is 0 Å². The number of allylic oxidation sites excluding steroid dienone is 1. The minimum absolute atomic E-state index is 0.402. The summed E-state index contributed by atoms with van der Waals surface area (Å²) in [6, 6.07) is 0. The van der Waals surface area contributed by atoms with Crippen molar-refractivity contribution in [1.82, 2.24) is 0 Å². The van der Waals surface area contributed by atoms with Crippen LogP contribution in [0.25, 0.3) is 0 Å². The first-order valence-corrected chi connectivity index (χ1v) is 3.74. The molecule has 0 spiro atoms. The lowest BCUT2D eigenvalue weighted by Crippen LogP contribution is -2.45. The number of hydrogen-bond acceptors (Lipinski definition) is 3. The first-order valence-electron chi connectivity index (χ1n) is 3.74. The topological polar surface area (TPSA) is 52.3 Å². The Balaban J connectivity index is 2.91. The molecule has 1 unspecified atom stereocenters. The van der Waals surface area contributed by atoms with E-state index in [9.17, 15) is 4.79 Å². The van der Waals surface area contributed by atoms with Gasteiger partial charge in [0.2, 0.25) is 0 Å². The molecule has 0 radical (unpaired) electrons. The highest BCUT2D eigenvalue weighted by molar-refractivity contribution is 5.85. The third kappa shape index (κ3) is 1.28. The fraction of sp³-hybridized carbons (Fsp3) is 0.444. The third-order valence-electron chi connectivity index (χ3n) is 2.10. The summed E-state index contributed by atoms with van der Waals surface area (Å²) < 4.78 is 4.58. The molecule has 0 aliphatic heterocycles. The molecule has 0 bridgehead atoms. The summed E-state index contributed by atoms with van der Waals surface area (Å²) in [5, 5.41) is 0. The fourth-order valence-electron chi connectivity index (χ4n) is 1.35. The van der Waals surface area contributed by atoms with Gasteiger partial charge in [-0.1, -0.05) is 12.7 Å². The monoisotopic (exact) mass is 167 g/mol. The van der Waals surface area contributed by atoms with Gasteiger partial charge in [-0.2, -0.15) is 0 Å². The molecule has 0 saturated carbocycles. The van der Waals surface area contributed by atoms with Gasteiger partial charge >= 0.3 is 5.97 Å². The van der Waals surface area contributed by atoms with Crippen molar-refractivity contribution in [2.75, 3.05) is 7.11 Å². The first-order chi connectivity index (χ1) is 5.49. The van der Waals surface area contributed by atoms with E-state index in [1.165, 1.54) is 7.11 Å². The van der Waals surface area contributed by atoms with E-state index in [4.69, 9.17) is 5.73 Å². The maximum atomic E-state index is 11.2. The summed E-state index contributed by atoms with van der Waals surface area (Å²) in [5.74, 6) is -0.402. The van der Waals surface area contributed by atoms with Crippen molar-refractivity contribution in [2.45, 2.75) is 18.9 Å².